The second-order valence-corrected chi connectivity index (χ2v) is 6.73. The van der Waals surface area contributed by atoms with Crippen molar-refractivity contribution in [1.82, 2.24) is 19.5 Å². The zero-order valence-electron chi connectivity index (χ0n) is 11.9. The fraction of sp³-hybridized carbons (Fsp3) is 0.500. The maximum Gasteiger partial charge on any atom is 0.469 e. The van der Waals surface area contributed by atoms with E-state index < -0.39 is 39.0 Å². The Hall–Kier alpha value is -1.44. The average molecular weight is 379 g/mol. The first-order valence-electron chi connectivity index (χ1n) is 6.61. The van der Waals surface area contributed by atoms with E-state index in [1.54, 1.807) is 0 Å². The molecule has 0 spiro atoms. The molecule has 2 aromatic heterocycles. The van der Waals surface area contributed by atoms with Crippen molar-refractivity contribution < 1.29 is 33.8 Å². The highest BCUT2D eigenvalue weighted by Crippen LogP contribution is 2.38. The van der Waals surface area contributed by atoms with E-state index in [1.165, 1.54) is 10.9 Å². The lowest BCUT2D eigenvalue weighted by molar-refractivity contribution is -0.0503. The van der Waals surface area contributed by atoms with Crippen LogP contribution in [-0.4, -0.2) is 64.4 Å². The number of imidazole rings is 1. The predicted molar refractivity (Wildman–Crippen MR) is 81.0 cm³/mol. The second-order valence-electron chi connectivity index (χ2n) is 5.11. The molecule has 1 fully saturated rings. The number of phosphoric acid groups is 1. The van der Waals surface area contributed by atoms with E-state index in [0.29, 0.717) is 11.2 Å². The standard InChI is InChI=1S/C10H14N5O7PS/c11-10-13-7-4(8(24)14-10)12-2-15(7)9-6(17)5(16)3(22-9)1-21-23(18,19)20/h2-3,5-6,9,16-17H,1H2,(H2,18,19,20)(H3,11,13,14,24)/t3-,5?,6+,9-/m1/s1. The summed E-state index contributed by atoms with van der Waals surface area (Å²) in [6.07, 6.45) is -3.77. The number of aliphatic hydroxyl groups is 2. The quantitative estimate of drug-likeness (QED) is 0.276. The molecule has 12 nitrogen and oxygen atoms in total. The minimum atomic E-state index is -4.73. The summed E-state index contributed by atoms with van der Waals surface area (Å²) in [5.41, 5.74) is 6.24. The van der Waals surface area contributed by atoms with Crippen LogP contribution in [0, 0.1) is 4.64 Å². The molecule has 1 aliphatic rings. The first-order valence-corrected chi connectivity index (χ1v) is 8.55. The van der Waals surface area contributed by atoms with Crippen LogP contribution < -0.4 is 5.73 Å². The van der Waals surface area contributed by atoms with Crippen LogP contribution in [0.3, 0.4) is 0 Å². The average Bonchev–Trinajstić information content (AvgIpc) is 3.00. The first-order chi connectivity index (χ1) is 11.2. The Kier molecular flexibility index (Phi) is 4.44. The minimum Gasteiger partial charge on any atom is -0.387 e. The van der Waals surface area contributed by atoms with E-state index in [2.05, 4.69) is 19.5 Å². The molecule has 0 amide bonds. The predicted octanol–water partition coefficient (Wildman–Crippen LogP) is -1.20. The van der Waals surface area contributed by atoms with Gasteiger partial charge in [0, 0.05) is 0 Å². The molecule has 0 aliphatic carbocycles. The minimum absolute atomic E-state index is 0.0312. The van der Waals surface area contributed by atoms with Gasteiger partial charge in [0.1, 0.15) is 29.5 Å². The number of nitrogens with one attached hydrogen (secondary N) is 1. The van der Waals surface area contributed by atoms with Crippen molar-refractivity contribution in [3.05, 3.63) is 11.0 Å². The lowest BCUT2D eigenvalue weighted by atomic mass is 10.1. The van der Waals surface area contributed by atoms with Crippen LogP contribution >= 0.6 is 20.0 Å². The molecule has 1 aliphatic heterocycles. The summed E-state index contributed by atoms with van der Waals surface area (Å²) in [7, 11) is -4.73. The third-order valence-corrected chi connectivity index (χ3v) is 4.25. The topological polar surface area (TPSA) is 189 Å². The molecule has 24 heavy (non-hydrogen) atoms. The zero-order chi connectivity index (χ0) is 17.6. The SMILES string of the molecule is Nc1nc(=S)c2ncn([C@@H]3O[C@H](COP(=O)(O)O)C(O)[C@@H]3O)c2[nH]1. The number of ether oxygens (including phenoxy) is 1. The number of rotatable bonds is 4. The Bertz CT molecular complexity index is 865. The van der Waals surface area contributed by atoms with Gasteiger partial charge in [-0.2, -0.15) is 0 Å². The van der Waals surface area contributed by atoms with Gasteiger partial charge in [-0.25, -0.2) is 14.5 Å². The summed E-state index contributed by atoms with van der Waals surface area (Å²) in [6, 6.07) is 0. The lowest BCUT2D eigenvalue weighted by Gasteiger charge is -2.17. The molecule has 0 saturated carbocycles. The van der Waals surface area contributed by atoms with E-state index in [4.69, 9.17) is 32.5 Å². The van der Waals surface area contributed by atoms with Gasteiger partial charge >= 0.3 is 7.82 Å². The number of nitrogen functional groups attached to an aromatic ring is 1. The molecule has 1 unspecified atom stereocenters. The third-order valence-electron chi connectivity index (χ3n) is 3.48. The van der Waals surface area contributed by atoms with E-state index in [9.17, 15) is 14.8 Å². The maximum atomic E-state index is 10.8. The number of nitrogens with zero attached hydrogens (tertiary/aromatic N) is 3. The summed E-state index contributed by atoms with van der Waals surface area (Å²) < 4.78 is 22.0. The number of hydrogen-bond acceptors (Lipinski definition) is 9. The number of fused-ring (bicyclic) bond motifs is 1. The van der Waals surface area contributed by atoms with E-state index in [0.717, 1.165) is 0 Å². The number of hydrogen-bond donors (Lipinski definition) is 6. The van der Waals surface area contributed by atoms with Crippen molar-refractivity contribution in [1.29, 1.82) is 0 Å². The molecular formula is C10H14N5O7PS. The Morgan fingerprint density at radius 1 is 1.46 bits per heavy atom. The summed E-state index contributed by atoms with van der Waals surface area (Å²) >= 11 is 5.04. The number of anilines is 1. The van der Waals surface area contributed by atoms with Crippen LogP contribution in [0.25, 0.3) is 11.2 Å². The van der Waals surface area contributed by atoms with Crippen LogP contribution in [0.2, 0.25) is 0 Å². The van der Waals surface area contributed by atoms with Gasteiger partial charge in [-0.3, -0.25) is 9.09 Å². The summed E-state index contributed by atoms with van der Waals surface area (Å²) in [5.74, 6) is 0.0312. The van der Waals surface area contributed by atoms with Gasteiger partial charge in [-0.15, -0.1) is 0 Å². The molecule has 0 bridgehead atoms. The Morgan fingerprint density at radius 2 is 2.17 bits per heavy atom. The Balaban J connectivity index is 1.90. The van der Waals surface area contributed by atoms with Gasteiger partial charge in [0.25, 0.3) is 0 Å². The number of nitrogens with two attached hydrogens (primary N) is 1. The van der Waals surface area contributed by atoms with Gasteiger partial charge in [0.15, 0.2) is 16.8 Å². The van der Waals surface area contributed by atoms with Crippen LogP contribution in [0.1, 0.15) is 6.23 Å². The van der Waals surface area contributed by atoms with Crippen LogP contribution in [0.15, 0.2) is 6.33 Å². The van der Waals surface area contributed by atoms with E-state index in [1.807, 2.05) is 0 Å². The van der Waals surface area contributed by atoms with Gasteiger partial charge in [-0.05, 0) is 0 Å². The number of aromatic amines is 1. The fourth-order valence-electron chi connectivity index (χ4n) is 2.41. The molecule has 4 atom stereocenters. The molecule has 14 heteroatoms. The highest BCUT2D eigenvalue weighted by atomic mass is 32.1. The molecule has 132 valence electrons. The zero-order valence-corrected chi connectivity index (χ0v) is 13.6. The van der Waals surface area contributed by atoms with Crippen LogP contribution in [-0.2, 0) is 13.8 Å². The molecular weight excluding hydrogens is 365 g/mol. The fourth-order valence-corrected chi connectivity index (χ4v) is 3.00. The summed E-state index contributed by atoms with van der Waals surface area (Å²) in [6.45, 7) is -0.606. The molecule has 0 radical (unpaired) electrons. The van der Waals surface area contributed by atoms with Gasteiger partial charge < -0.3 is 35.5 Å². The van der Waals surface area contributed by atoms with Gasteiger partial charge in [0.2, 0.25) is 0 Å². The highest BCUT2D eigenvalue weighted by Gasteiger charge is 2.45. The number of phosphoric ester groups is 1. The summed E-state index contributed by atoms with van der Waals surface area (Å²) in [5, 5.41) is 20.2. The van der Waals surface area contributed by atoms with Crippen LogP contribution in [0.5, 0.6) is 0 Å². The smallest absolute Gasteiger partial charge is 0.387 e. The van der Waals surface area contributed by atoms with Crippen molar-refractivity contribution in [3.63, 3.8) is 0 Å². The lowest BCUT2D eigenvalue weighted by Crippen LogP contribution is -2.33. The van der Waals surface area contributed by atoms with E-state index >= 15 is 0 Å². The number of H-pyrrole nitrogens is 1. The normalized spacial score (nSPS) is 27.8. The Morgan fingerprint density at radius 3 is 2.83 bits per heavy atom. The molecule has 3 rings (SSSR count). The summed E-state index contributed by atoms with van der Waals surface area (Å²) in [4.78, 5) is 28.1. The van der Waals surface area contributed by atoms with E-state index in [-0.39, 0.29) is 10.6 Å². The van der Waals surface area contributed by atoms with Crippen molar-refractivity contribution in [2.45, 2.75) is 24.5 Å². The first kappa shape index (κ1) is 17.4. The van der Waals surface area contributed by atoms with Crippen molar-refractivity contribution in [2.75, 3.05) is 12.3 Å². The number of aromatic nitrogens is 4. The molecule has 2 aromatic rings. The Labute approximate surface area is 139 Å². The largest absolute Gasteiger partial charge is 0.469 e. The van der Waals surface area contributed by atoms with Crippen molar-refractivity contribution >= 4 is 37.2 Å². The third kappa shape index (κ3) is 3.20. The molecule has 3 heterocycles. The molecule has 0 aromatic carbocycles. The van der Waals surface area contributed by atoms with Gasteiger partial charge in [0.05, 0.1) is 12.9 Å². The maximum absolute atomic E-state index is 10.8. The van der Waals surface area contributed by atoms with Gasteiger partial charge in [-0.1, -0.05) is 12.2 Å². The second kappa shape index (κ2) is 6.13. The van der Waals surface area contributed by atoms with Crippen LogP contribution in [0.4, 0.5) is 5.95 Å². The monoisotopic (exact) mass is 379 g/mol. The highest BCUT2D eigenvalue weighted by molar-refractivity contribution is 7.71. The number of aliphatic hydroxyl groups excluding tert-OH is 2. The molecule has 1 saturated heterocycles. The van der Waals surface area contributed by atoms with Crippen molar-refractivity contribution in [3.8, 4) is 0 Å². The van der Waals surface area contributed by atoms with Crippen molar-refractivity contribution in [2.24, 2.45) is 0 Å². The molecule has 7 N–H and O–H groups in total.